The molecule has 1 aliphatic carbocycles. The van der Waals surface area contributed by atoms with E-state index in [1.165, 1.54) is 18.9 Å². The summed E-state index contributed by atoms with van der Waals surface area (Å²) in [5.41, 5.74) is 0. The summed E-state index contributed by atoms with van der Waals surface area (Å²) in [6, 6.07) is 0. The van der Waals surface area contributed by atoms with E-state index < -0.39 is 12.2 Å². The molecule has 0 spiro atoms. The SMILES string of the molecule is C=C[C@H](O)[C@H](O)CC(C)C(O)C1CCCC1. The molecule has 0 aliphatic heterocycles. The van der Waals surface area contributed by atoms with Gasteiger partial charge in [0.2, 0.25) is 0 Å². The molecule has 16 heavy (non-hydrogen) atoms. The van der Waals surface area contributed by atoms with Crippen LogP contribution in [-0.4, -0.2) is 33.6 Å². The van der Waals surface area contributed by atoms with Crippen LogP contribution in [0.3, 0.4) is 0 Å². The Kier molecular flexibility index (Phi) is 5.46. The molecule has 0 amide bonds. The van der Waals surface area contributed by atoms with Gasteiger partial charge in [0, 0.05) is 0 Å². The first-order valence-electron chi connectivity index (χ1n) is 6.23. The largest absolute Gasteiger partial charge is 0.393 e. The molecule has 0 aromatic rings. The van der Waals surface area contributed by atoms with Crippen molar-refractivity contribution in [2.75, 3.05) is 0 Å². The Morgan fingerprint density at radius 1 is 1.25 bits per heavy atom. The number of rotatable bonds is 6. The van der Waals surface area contributed by atoms with Crippen molar-refractivity contribution in [1.82, 2.24) is 0 Å². The molecule has 94 valence electrons. The zero-order valence-electron chi connectivity index (χ0n) is 10.0. The van der Waals surface area contributed by atoms with Crippen molar-refractivity contribution in [1.29, 1.82) is 0 Å². The van der Waals surface area contributed by atoms with Crippen molar-refractivity contribution in [2.24, 2.45) is 11.8 Å². The van der Waals surface area contributed by atoms with Gasteiger partial charge in [0.15, 0.2) is 0 Å². The highest BCUT2D eigenvalue weighted by atomic mass is 16.3. The maximum absolute atomic E-state index is 10.1. The smallest absolute Gasteiger partial charge is 0.0977 e. The third-order valence-corrected chi connectivity index (χ3v) is 3.71. The zero-order valence-corrected chi connectivity index (χ0v) is 10.0. The first kappa shape index (κ1) is 13.7. The molecule has 0 radical (unpaired) electrons. The maximum atomic E-state index is 10.1. The second-order valence-corrected chi connectivity index (χ2v) is 5.04. The van der Waals surface area contributed by atoms with Gasteiger partial charge in [-0.2, -0.15) is 0 Å². The lowest BCUT2D eigenvalue weighted by Gasteiger charge is -2.27. The van der Waals surface area contributed by atoms with Gasteiger partial charge in [0.25, 0.3) is 0 Å². The van der Waals surface area contributed by atoms with Crippen molar-refractivity contribution in [2.45, 2.75) is 57.3 Å². The number of hydrogen-bond donors (Lipinski definition) is 3. The van der Waals surface area contributed by atoms with Crippen LogP contribution in [0, 0.1) is 11.8 Å². The third kappa shape index (κ3) is 3.58. The van der Waals surface area contributed by atoms with E-state index in [0.29, 0.717) is 12.3 Å². The molecule has 1 fully saturated rings. The van der Waals surface area contributed by atoms with Gasteiger partial charge in [0.1, 0.15) is 0 Å². The molecule has 0 aromatic heterocycles. The molecular formula is C13H24O3. The highest BCUT2D eigenvalue weighted by Gasteiger charge is 2.29. The van der Waals surface area contributed by atoms with Crippen LogP contribution < -0.4 is 0 Å². The molecule has 1 aliphatic rings. The summed E-state index contributed by atoms with van der Waals surface area (Å²) in [5, 5.41) is 29.1. The summed E-state index contributed by atoms with van der Waals surface area (Å²) in [7, 11) is 0. The van der Waals surface area contributed by atoms with E-state index >= 15 is 0 Å². The average Bonchev–Trinajstić information content (AvgIpc) is 2.79. The van der Waals surface area contributed by atoms with Crippen molar-refractivity contribution in [3.63, 3.8) is 0 Å². The molecule has 1 rings (SSSR count). The van der Waals surface area contributed by atoms with Gasteiger partial charge in [0.05, 0.1) is 18.3 Å². The van der Waals surface area contributed by atoms with E-state index in [0.717, 1.165) is 12.8 Å². The highest BCUT2D eigenvalue weighted by molar-refractivity contribution is 4.87. The molecule has 4 atom stereocenters. The van der Waals surface area contributed by atoms with Crippen molar-refractivity contribution < 1.29 is 15.3 Å². The van der Waals surface area contributed by atoms with Gasteiger partial charge in [-0.3, -0.25) is 0 Å². The molecular weight excluding hydrogens is 204 g/mol. The third-order valence-electron chi connectivity index (χ3n) is 3.71. The first-order chi connectivity index (χ1) is 7.56. The van der Waals surface area contributed by atoms with E-state index in [1.807, 2.05) is 6.92 Å². The van der Waals surface area contributed by atoms with Crippen molar-refractivity contribution in [3.05, 3.63) is 12.7 Å². The highest BCUT2D eigenvalue weighted by Crippen LogP contribution is 2.32. The lowest BCUT2D eigenvalue weighted by atomic mass is 9.86. The van der Waals surface area contributed by atoms with Gasteiger partial charge in [-0.05, 0) is 31.1 Å². The Morgan fingerprint density at radius 2 is 1.81 bits per heavy atom. The van der Waals surface area contributed by atoms with E-state index in [-0.39, 0.29) is 12.0 Å². The van der Waals surface area contributed by atoms with Crippen LogP contribution in [0.25, 0.3) is 0 Å². The van der Waals surface area contributed by atoms with E-state index in [2.05, 4.69) is 6.58 Å². The number of aliphatic hydroxyl groups is 3. The normalized spacial score (nSPS) is 25.0. The van der Waals surface area contributed by atoms with E-state index in [4.69, 9.17) is 0 Å². The number of aliphatic hydroxyl groups excluding tert-OH is 3. The fourth-order valence-corrected chi connectivity index (χ4v) is 2.58. The molecule has 0 saturated heterocycles. The van der Waals surface area contributed by atoms with Gasteiger partial charge < -0.3 is 15.3 Å². The van der Waals surface area contributed by atoms with Gasteiger partial charge in [-0.25, -0.2) is 0 Å². The topological polar surface area (TPSA) is 60.7 Å². The molecule has 2 unspecified atom stereocenters. The van der Waals surface area contributed by atoms with Crippen LogP contribution in [0.1, 0.15) is 39.0 Å². The lowest BCUT2D eigenvalue weighted by Crippen LogP contribution is -2.32. The van der Waals surface area contributed by atoms with Gasteiger partial charge in [-0.1, -0.05) is 25.8 Å². The predicted molar refractivity (Wildman–Crippen MR) is 64.0 cm³/mol. The second kappa shape index (κ2) is 6.38. The minimum atomic E-state index is -0.891. The Balaban J connectivity index is 2.38. The quantitative estimate of drug-likeness (QED) is 0.603. The Bertz CT molecular complexity index is 211. The fraction of sp³-hybridized carbons (Fsp3) is 0.846. The second-order valence-electron chi connectivity index (χ2n) is 5.04. The molecule has 3 heteroatoms. The first-order valence-corrected chi connectivity index (χ1v) is 6.23. The van der Waals surface area contributed by atoms with E-state index in [1.54, 1.807) is 0 Å². The Hall–Kier alpha value is -0.380. The minimum absolute atomic E-state index is 0.0210. The average molecular weight is 228 g/mol. The lowest BCUT2D eigenvalue weighted by molar-refractivity contribution is -0.00367. The van der Waals surface area contributed by atoms with Crippen LogP contribution in [0.4, 0.5) is 0 Å². The fourth-order valence-electron chi connectivity index (χ4n) is 2.58. The summed E-state index contributed by atoms with van der Waals surface area (Å²) in [6.07, 6.45) is 4.27. The van der Waals surface area contributed by atoms with Crippen LogP contribution >= 0.6 is 0 Å². The molecule has 0 aromatic carbocycles. The zero-order chi connectivity index (χ0) is 12.1. The van der Waals surface area contributed by atoms with Crippen molar-refractivity contribution >= 4 is 0 Å². The maximum Gasteiger partial charge on any atom is 0.0977 e. The summed E-state index contributed by atoms with van der Waals surface area (Å²) in [6.45, 7) is 5.37. The standard InChI is InChI=1S/C13H24O3/c1-3-11(14)12(15)8-9(2)13(16)10-6-4-5-7-10/h3,9-16H,1,4-8H2,2H3/t9?,11-,12+,13?/m0/s1. The summed E-state index contributed by atoms with van der Waals surface area (Å²) in [4.78, 5) is 0. The van der Waals surface area contributed by atoms with Gasteiger partial charge >= 0.3 is 0 Å². The molecule has 3 nitrogen and oxygen atoms in total. The van der Waals surface area contributed by atoms with Crippen LogP contribution in [0.2, 0.25) is 0 Å². The van der Waals surface area contributed by atoms with Gasteiger partial charge in [-0.15, -0.1) is 6.58 Å². The van der Waals surface area contributed by atoms with Crippen LogP contribution in [0.15, 0.2) is 12.7 Å². The Labute approximate surface area is 97.8 Å². The summed E-state index contributed by atoms with van der Waals surface area (Å²) >= 11 is 0. The van der Waals surface area contributed by atoms with E-state index in [9.17, 15) is 15.3 Å². The van der Waals surface area contributed by atoms with Crippen LogP contribution in [0.5, 0.6) is 0 Å². The van der Waals surface area contributed by atoms with Crippen molar-refractivity contribution in [3.8, 4) is 0 Å². The van der Waals surface area contributed by atoms with Crippen LogP contribution in [-0.2, 0) is 0 Å². The summed E-state index contributed by atoms with van der Waals surface area (Å²) in [5.74, 6) is 0.399. The summed E-state index contributed by atoms with van der Waals surface area (Å²) < 4.78 is 0. The molecule has 3 N–H and O–H groups in total. The number of hydrogen-bond acceptors (Lipinski definition) is 3. The minimum Gasteiger partial charge on any atom is -0.393 e. The predicted octanol–water partition coefficient (Wildman–Crippen LogP) is 1.47. The molecule has 1 saturated carbocycles. The Morgan fingerprint density at radius 3 is 2.31 bits per heavy atom. The monoisotopic (exact) mass is 228 g/mol. The molecule has 0 heterocycles. The molecule has 0 bridgehead atoms.